The normalized spacial score (nSPS) is 10.7. The summed E-state index contributed by atoms with van der Waals surface area (Å²) in [5.41, 5.74) is 3.00. The van der Waals surface area contributed by atoms with E-state index in [0.717, 1.165) is 20.9 Å². The van der Waals surface area contributed by atoms with E-state index >= 15 is 0 Å². The van der Waals surface area contributed by atoms with E-state index in [1.54, 1.807) is 6.20 Å². The fourth-order valence-corrected chi connectivity index (χ4v) is 3.49. The van der Waals surface area contributed by atoms with Gasteiger partial charge in [-0.3, -0.25) is 5.32 Å². The fraction of sp³-hybridized carbons (Fsp3) is 0.294. The van der Waals surface area contributed by atoms with Crippen molar-refractivity contribution in [3.05, 3.63) is 50.5 Å². The number of anilines is 2. The molecule has 2 N–H and O–H groups in total. The Bertz CT molecular complexity index is 694. The van der Waals surface area contributed by atoms with Crippen molar-refractivity contribution in [2.75, 3.05) is 10.6 Å². The molecule has 1 heterocycles. The molecule has 0 fully saturated rings. The number of carbonyl (C=O) groups is 1. The van der Waals surface area contributed by atoms with Crippen LogP contribution < -0.4 is 10.6 Å². The number of aryl methyl sites for hydroxylation is 1. The summed E-state index contributed by atoms with van der Waals surface area (Å²) < 4.78 is 1.67. The Morgan fingerprint density at radius 1 is 1.17 bits per heavy atom. The molecule has 1 aromatic carbocycles. The fourth-order valence-electron chi connectivity index (χ4n) is 2.07. The lowest BCUT2D eigenvalue weighted by Crippen LogP contribution is -2.20. The van der Waals surface area contributed by atoms with Gasteiger partial charge in [0.2, 0.25) is 0 Å². The molecule has 6 heteroatoms. The van der Waals surface area contributed by atoms with E-state index in [9.17, 15) is 4.79 Å². The first kappa shape index (κ1) is 17.9. The van der Waals surface area contributed by atoms with Gasteiger partial charge in [-0.2, -0.15) is 0 Å². The molecule has 0 saturated carbocycles. The average molecular weight is 441 g/mol. The topological polar surface area (TPSA) is 54.0 Å². The first-order valence-corrected chi connectivity index (χ1v) is 9.01. The van der Waals surface area contributed by atoms with E-state index in [-0.39, 0.29) is 6.03 Å². The van der Waals surface area contributed by atoms with Gasteiger partial charge >= 0.3 is 6.03 Å². The Morgan fingerprint density at radius 2 is 1.83 bits per heavy atom. The number of aromatic nitrogens is 1. The molecular weight excluding hydrogens is 422 g/mol. The van der Waals surface area contributed by atoms with Gasteiger partial charge in [-0.15, -0.1) is 0 Å². The van der Waals surface area contributed by atoms with Crippen LogP contribution in [-0.2, 0) is 6.42 Å². The van der Waals surface area contributed by atoms with Crippen LogP contribution in [0, 0.1) is 0 Å². The van der Waals surface area contributed by atoms with Gasteiger partial charge in [-0.1, -0.05) is 20.8 Å². The van der Waals surface area contributed by atoms with Crippen molar-refractivity contribution in [3.8, 4) is 0 Å². The third-order valence-corrected chi connectivity index (χ3v) is 4.69. The molecular formula is C17H19Br2N3O. The quantitative estimate of drug-likeness (QED) is 0.618. The van der Waals surface area contributed by atoms with Crippen LogP contribution in [0.4, 0.5) is 16.3 Å². The molecule has 0 unspecified atom stereocenters. The molecule has 0 aliphatic carbocycles. The van der Waals surface area contributed by atoms with Gasteiger partial charge in [0.1, 0.15) is 5.82 Å². The van der Waals surface area contributed by atoms with Crippen molar-refractivity contribution in [2.45, 2.75) is 33.1 Å². The third kappa shape index (κ3) is 4.78. The molecule has 2 rings (SSSR count). The van der Waals surface area contributed by atoms with Gasteiger partial charge in [-0.25, -0.2) is 9.78 Å². The van der Waals surface area contributed by atoms with Crippen LogP contribution in [-0.4, -0.2) is 11.0 Å². The zero-order valence-electron chi connectivity index (χ0n) is 13.3. The Hall–Kier alpha value is -1.40. The van der Waals surface area contributed by atoms with E-state index in [1.165, 1.54) is 5.56 Å². The summed E-state index contributed by atoms with van der Waals surface area (Å²) in [5, 5.41) is 5.60. The van der Waals surface area contributed by atoms with Crippen molar-refractivity contribution in [3.63, 3.8) is 0 Å². The second kappa shape index (κ2) is 7.93. The monoisotopic (exact) mass is 439 g/mol. The number of benzene rings is 1. The molecule has 0 saturated heterocycles. The Balaban J connectivity index is 2.14. The minimum atomic E-state index is -0.329. The van der Waals surface area contributed by atoms with Crippen molar-refractivity contribution in [1.82, 2.24) is 4.98 Å². The lowest BCUT2D eigenvalue weighted by atomic mass is 10.0. The van der Waals surface area contributed by atoms with Gasteiger partial charge in [0.25, 0.3) is 0 Å². The molecule has 0 bridgehead atoms. The summed E-state index contributed by atoms with van der Waals surface area (Å²) in [4.78, 5) is 16.4. The summed E-state index contributed by atoms with van der Waals surface area (Å²) >= 11 is 7.03. The van der Waals surface area contributed by atoms with Gasteiger partial charge < -0.3 is 5.32 Å². The molecule has 0 aliphatic rings. The summed E-state index contributed by atoms with van der Waals surface area (Å²) in [7, 11) is 0. The van der Waals surface area contributed by atoms with Crippen molar-refractivity contribution < 1.29 is 4.79 Å². The maximum absolute atomic E-state index is 12.2. The lowest BCUT2D eigenvalue weighted by Gasteiger charge is -2.14. The number of carbonyl (C=O) groups excluding carboxylic acids is 1. The molecule has 0 aliphatic heterocycles. The third-order valence-electron chi connectivity index (χ3n) is 3.44. The summed E-state index contributed by atoms with van der Waals surface area (Å²) in [6, 6.07) is 7.50. The molecule has 4 nitrogen and oxygen atoms in total. The van der Waals surface area contributed by atoms with E-state index in [0.29, 0.717) is 17.4 Å². The lowest BCUT2D eigenvalue weighted by molar-refractivity contribution is 0.262. The molecule has 0 spiro atoms. The van der Waals surface area contributed by atoms with E-state index in [2.05, 4.69) is 68.2 Å². The van der Waals surface area contributed by atoms with Crippen LogP contribution in [0.3, 0.4) is 0 Å². The summed E-state index contributed by atoms with van der Waals surface area (Å²) in [5.74, 6) is 0.944. The van der Waals surface area contributed by atoms with Crippen LogP contribution in [0.2, 0.25) is 0 Å². The minimum absolute atomic E-state index is 0.329. The van der Waals surface area contributed by atoms with Gasteiger partial charge in [0.15, 0.2) is 0 Å². The predicted molar refractivity (Wildman–Crippen MR) is 102 cm³/mol. The largest absolute Gasteiger partial charge is 0.324 e. The molecule has 1 aromatic heterocycles. The Labute approximate surface area is 153 Å². The molecule has 0 atom stereocenters. The maximum atomic E-state index is 12.2. The summed E-state index contributed by atoms with van der Waals surface area (Å²) in [6.45, 7) is 6.31. The van der Waals surface area contributed by atoms with Gasteiger partial charge in [-0.05, 0) is 79.6 Å². The molecule has 2 amide bonds. The molecule has 0 radical (unpaired) electrons. The number of hydrogen-bond acceptors (Lipinski definition) is 2. The molecule has 23 heavy (non-hydrogen) atoms. The van der Waals surface area contributed by atoms with Gasteiger partial charge in [0, 0.05) is 15.1 Å². The number of halogens is 2. The second-order valence-corrected chi connectivity index (χ2v) is 7.20. The van der Waals surface area contributed by atoms with Crippen LogP contribution in [0.5, 0.6) is 0 Å². The highest BCUT2D eigenvalue weighted by Gasteiger charge is 2.13. The van der Waals surface area contributed by atoms with E-state index < -0.39 is 0 Å². The second-order valence-electron chi connectivity index (χ2n) is 5.50. The highest BCUT2D eigenvalue weighted by atomic mass is 79.9. The average Bonchev–Trinajstić information content (AvgIpc) is 2.50. The number of rotatable bonds is 4. The number of hydrogen-bond donors (Lipinski definition) is 2. The maximum Gasteiger partial charge on any atom is 0.324 e. The number of amides is 2. The van der Waals surface area contributed by atoms with Crippen LogP contribution in [0.15, 0.2) is 39.4 Å². The molecule has 122 valence electrons. The number of pyridine rings is 1. The van der Waals surface area contributed by atoms with Crippen molar-refractivity contribution in [2.24, 2.45) is 0 Å². The van der Waals surface area contributed by atoms with Crippen molar-refractivity contribution in [1.29, 1.82) is 0 Å². The van der Waals surface area contributed by atoms with E-state index in [4.69, 9.17) is 0 Å². The van der Waals surface area contributed by atoms with Gasteiger partial charge in [0.05, 0.1) is 5.69 Å². The number of nitrogens with one attached hydrogen (secondary N) is 2. The Kier molecular flexibility index (Phi) is 6.18. The summed E-state index contributed by atoms with van der Waals surface area (Å²) in [6.07, 6.45) is 2.59. The Morgan fingerprint density at radius 3 is 2.39 bits per heavy atom. The van der Waals surface area contributed by atoms with Crippen molar-refractivity contribution >= 4 is 49.4 Å². The minimum Gasteiger partial charge on any atom is -0.306 e. The van der Waals surface area contributed by atoms with Crippen LogP contribution in [0.1, 0.15) is 37.8 Å². The smallest absolute Gasteiger partial charge is 0.306 e. The highest BCUT2D eigenvalue weighted by Crippen LogP contribution is 2.34. The number of urea groups is 1. The first-order chi connectivity index (χ1) is 10.9. The molecule has 2 aromatic rings. The SMILES string of the molecule is CCc1ccnc(NC(=O)Nc2c(Br)cc(C(C)C)cc2Br)c1. The van der Waals surface area contributed by atoms with E-state index in [1.807, 2.05) is 24.3 Å². The van der Waals surface area contributed by atoms with Crippen LogP contribution in [0.25, 0.3) is 0 Å². The predicted octanol–water partition coefficient (Wildman–Crippen LogP) is 5.94. The zero-order chi connectivity index (χ0) is 17.0. The highest BCUT2D eigenvalue weighted by molar-refractivity contribution is 9.11. The van der Waals surface area contributed by atoms with Crippen LogP contribution >= 0.6 is 31.9 Å². The standard InChI is InChI=1S/C17H19Br2N3O/c1-4-11-5-6-20-15(7-11)21-17(23)22-16-13(18)8-12(10(2)3)9-14(16)19/h5-10H,4H2,1-3H3,(H2,20,21,22,23). The number of nitrogens with zero attached hydrogens (tertiary/aromatic N) is 1. The first-order valence-electron chi connectivity index (χ1n) is 7.42. The zero-order valence-corrected chi connectivity index (χ0v) is 16.5.